The number of nitrogens with zero attached hydrogens (tertiary/aromatic N) is 2. The zero-order valence-electron chi connectivity index (χ0n) is 13.8. The fourth-order valence-corrected chi connectivity index (χ4v) is 2.76. The van der Waals surface area contributed by atoms with Gasteiger partial charge in [-0.3, -0.25) is 9.79 Å². The van der Waals surface area contributed by atoms with E-state index in [2.05, 4.69) is 20.5 Å². The van der Waals surface area contributed by atoms with Crippen molar-refractivity contribution in [2.45, 2.75) is 25.8 Å². The SMILES string of the molecule is CN=C(NCCN1CCCCC1)NCc1cccc(C(N)=O)c1. The Hall–Kier alpha value is -2.08. The van der Waals surface area contributed by atoms with Crippen LogP contribution in [-0.2, 0) is 6.54 Å². The van der Waals surface area contributed by atoms with Gasteiger partial charge in [-0.2, -0.15) is 0 Å². The number of nitrogens with one attached hydrogen (secondary N) is 2. The van der Waals surface area contributed by atoms with Crippen LogP contribution in [0.5, 0.6) is 0 Å². The van der Waals surface area contributed by atoms with Crippen molar-refractivity contribution in [1.82, 2.24) is 15.5 Å². The van der Waals surface area contributed by atoms with Gasteiger partial charge in [0.1, 0.15) is 0 Å². The number of piperidine rings is 1. The molecule has 0 atom stereocenters. The zero-order valence-corrected chi connectivity index (χ0v) is 13.8. The maximum atomic E-state index is 11.2. The quantitative estimate of drug-likeness (QED) is 0.538. The highest BCUT2D eigenvalue weighted by molar-refractivity contribution is 5.92. The van der Waals surface area contributed by atoms with Gasteiger partial charge >= 0.3 is 0 Å². The van der Waals surface area contributed by atoms with Crippen LogP contribution in [0.2, 0.25) is 0 Å². The van der Waals surface area contributed by atoms with Crippen LogP contribution in [0.15, 0.2) is 29.3 Å². The summed E-state index contributed by atoms with van der Waals surface area (Å²) in [6, 6.07) is 7.32. The molecule has 6 nitrogen and oxygen atoms in total. The number of guanidine groups is 1. The van der Waals surface area contributed by atoms with Gasteiger partial charge in [0.25, 0.3) is 0 Å². The molecule has 126 valence electrons. The lowest BCUT2D eigenvalue weighted by Gasteiger charge is -2.26. The Kier molecular flexibility index (Phi) is 6.87. The summed E-state index contributed by atoms with van der Waals surface area (Å²) in [5, 5.41) is 6.59. The first-order valence-electron chi connectivity index (χ1n) is 8.24. The van der Waals surface area contributed by atoms with E-state index in [1.165, 1.54) is 32.4 Å². The van der Waals surface area contributed by atoms with Crippen LogP contribution < -0.4 is 16.4 Å². The third-order valence-corrected chi connectivity index (χ3v) is 4.06. The molecule has 1 aliphatic heterocycles. The fraction of sp³-hybridized carbons (Fsp3) is 0.529. The minimum absolute atomic E-state index is 0.407. The van der Waals surface area contributed by atoms with Gasteiger partial charge in [0.2, 0.25) is 5.91 Å². The average molecular weight is 317 g/mol. The second-order valence-electron chi connectivity index (χ2n) is 5.82. The number of primary amides is 1. The molecule has 6 heteroatoms. The molecule has 1 heterocycles. The van der Waals surface area contributed by atoms with Crippen LogP contribution >= 0.6 is 0 Å². The molecule has 0 spiro atoms. The fourth-order valence-electron chi connectivity index (χ4n) is 2.76. The molecule has 0 bridgehead atoms. The largest absolute Gasteiger partial charge is 0.366 e. The van der Waals surface area contributed by atoms with E-state index in [1.807, 2.05) is 12.1 Å². The van der Waals surface area contributed by atoms with E-state index in [9.17, 15) is 4.79 Å². The summed E-state index contributed by atoms with van der Waals surface area (Å²) >= 11 is 0. The first-order valence-corrected chi connectivity index (χ1v) is 8.24. The van der Waals surface area contributed by atoms with E-state index in [1.54, 1.807) is 19.2 Å². The molecule has 0 saturated carbocycles. The molecule has 1 aromatic rings. The summed E-state index contributed by atoms with van der Waals surface area (Å²) in [7, 11) is 1.76. The molecule has 4 N–H and O–H groups in total. The number of carbonyl (C=O) groups is 1. The van der Waals surface area contributed by atoms with Gasteiger partial charge in [0, 0.05) is 32.2 Å². The molecule has 1 fully saturated rings. The Morgan fingerprint density at radius 1 is 1.26 bits per heavy atom. The van der Waals surface area contributed by atoms with Crippen LogP contribution in [0.25, 0.3) is 0 Å². The molecule has 2 rings (SSSR count). The Bertz CT molecular complexity index is 538. The van der Waals surface area contributed by atoms with Crippen LogP contribution in [0.1, 0.15) is 35.2 Å². The number of amides is 1. The molecule has 1 saturated heterocycles. The van der Waals surface area contributed by atoms with E-state index in [0.29, 0.717) is 12.1 Å². The third kappa shape index (κ3) is 5.90. The van der Waals surface area contributed by atoms with Gasteiger partial charge in [0.05, 0.1) is 0 Å². The maximum Gasteiger partial charge on any atom is 0.248 e. The molecule has 1 aromatic carbocycles. The highest BCUT2D eigenvalue weighted by atomic mass is 16.1. The van der Waals surface area contributed by atoms with Crippen molar-refractivity contribution in [1.29, 1.82) is 0 Å². The summed E-state index contributed by atoms with van der Waals surface area (Å²) in [6.45, 7) is 4.92. The van der Waals surface area contributed by atoms with Crippen molar-refractivity contribution >= 4 is 11.9 Å². The second-order valence-corrected chi connectivity index (χ2v) is 5.82. The minimum atomic E-state index is -0.407. The first kappa shape index (κ1) is 17.3. The van der Waals surface area contributed by atoms with Gasteiger partial charge in [-0.15, -0.1) is 0 Å². The third-order valence-electron chi connectivity index (χ3n) is 4.06. The van der Waals surface area contributed by atoms with E-state index < -0.39 is 5.91 Å². The predicted octanol–water partition coefficient (Wildman–Crippen LogP) is 0.936. The highest BCUT2D eigenvalue weighted by Gasteiger charge is 2.09. The summed E-state index contributed by atoms with van der Waals surface area (Å²) < 4.78 is 0. The summed E-state index contributed by atoms with van der Waals surface area (Å²) in [6.07, 6.45) is 3.98. The van der Waals surface area contributed by atoms with Gasteiger partial charge in [0.15, 0.2) is 5.96 Å². The van der Waals surface area contributed by atoms with Crippen LogP contribution in [-0.4, -0.2) is 50.0 Å². The maximum absolute atomic E-state index is 11.2. The van der Waals surface area contributed by atoms with Crippen molar-refractivity contribution in [3.05, 3.63) is 35.4 Å². The minimum Gasteiger partial charge on any atom is -0.366 e. The molecule has 23 heavy (non-hydrogen) atoms. The highest BCUT2D eigenvalue weighted by Crippen LogP contribution is 2.07. The topological polar surface area (TPSA) is 82.8 Å². The lowest BCUT2D eigenvalue weighted by atomic mass is 10.1. The Morgan fingerprint density at radius 3 is 2.74 bits per heavy atom. The number of nitrogens with two attached hydrogens (primary N) is 1. The van der Waals surface area contributed by atoms with Crippen molar-refractivity contribution in [2.24, 2.45) is 10.7 Å². The Balaban J connectivity index is 1.74. The number of rotatable bonds is 6. The molecule has 0 unspecified atom stereocenters. The van der Waals surface area contributed by atoms with Gasteiger partial charge in [-0.25, -0.2) is 0 Å². The Labute approximate surface area is 138 Å². The van der Waals surface area contributed by atoms with Gasteiger partial charge in [-0.05, 0) is 43.6 Å². The number of hydrogen-bond donors (Lipinski definition) is 3. The van der Waals surface area contributed by atoms with Crippen LogP contribution in [0, 0.1) is 0 Å². The van der Waals surface area contributed by atoms with Crippen molar-refractivity contribution in [2.75, 3.05) is 33.2 Å². The van der Waals surface area contributed by atoms with Gasteiger partial charge in [-0.1, -0.05) is 18.6 Å². The molecule has 0 radical (unpaired) electrons. The number of carbonyl (C=O) groups excluding carboxylic acids is 1. The first-order chi connectivity index (χ1) is 11.2. The summed E-state index contributed by atoms with van der Waals surface area (Å²) in [4.78, 5) is 17.9. The number of likely N-dealkylation sites (tertiary alicyclic amines) is 1. The van der Waals surface area contributed by atoms with E-state index in [4.69, 9.17) is 5.73 Å². The number of benzene rings is 1. The van der Waals surface area contributed by atoms with E-state index in [-0.39, 0.29) is 0 Å². The molecule has 1 amide bonds. The monoisotopic (exact) mass is 317 g/mol. The molecular weight excluding hydrogens is 290 g/mol. The number of aliphatic imine (C=N–C) groups is 1. The van der Waals surface area contributed by atoms with Crippen LogP contribution in [0.4, 0.5) is 0 Å². The van der Waals surface area contributed by atoms with Crippen LogP contribution in [0.3, 0.4) is 0 Å². The summed E-state index contributed by atoms with van der Waals surface area (Å²) in [5.74, 6) is 0.363. The van der Waals surface area contributed by atoms with Gasteiger partial charge < -0.3 is 21.3 Å². The van der Waals surface area contributed by atoms with Crippen molar-refractivity contribution in [3.63, 3.8) is 0 Å². The smallest absolute Gasteiger partial charge is 0.248 e. The second kappa shape index (κ2) is 9.15. The normalized spacial score (nSPS) is 16.1. The average Bonchev–Trinajstić information content (AvgIpc) is 2.59. The molecule has 0 aliphatic carbocycles. The standard InChI is InChI=1S/C17H27N5O/c1-19-17(20-8-11-22-9-3-2-4-10-22)21-13-14-6-5-7-15(12-14)16(18)23/h5-7,12H,2-4,8-11,13H2,1H3,(H2,18,23)(H2,19,20,21). The predicted molar refractivity (Wildman–Crippen MR) is 93.5 cm³/mol. The van der Waals surface area contributed by atoms with Crippen molar-refractivity contribution < 1.29 is 4.79 Å². The lowest BCUT2D eigenvalue weighted by molar-refractivity contribution is 0.1000. The van der Waals surface area contributed by atoms with E-state index in [0.717, 1.165) is 24.6 Å². The molecule has 0 aromatic heterocycles. The lowest BCUT2D eigenvalue weighted by Crippen LogP contribution is -2.42. The van der Waals surface area contributed by atoms with E-state index >= 15 is 0 Å². The zero-order chi connectivity index (χ0) is 16.5. The molecule has 1 aliphatic rings. The summed E-state index contributed by atoms with van der Waals surface area (Å²) in [5.41, 5.74) is 6.83. The van der Waals surface area contributed by atoms with Crippen molar-refractivity contribution in [3.8, 4) is 0 Å². The molecular formula is C17H27N5O. The Morgan fingerprint density at radius 2 is 2.04 bits per heavy atom. The number of hydrogen-bond acceptors (Lipinski definition) is 3.